The molecule has 0 amide bonds. The maximum absolute atomic E-state index is 5.79. The SMILES string of the molecule is CCCOc1nc(Cl)nc(OCCc2cccs2)n1. The molecule has 0 aromatic carbocycles. The summed E-state index contributed by atoms with van der Waals surface area (Å²) < 4.78 is 10.8. The van der Waals surface area contributed by atoms with Crippen molar-refractivity contribution in [3.05, 3.63) is 27.7 Å². The molecule has 2 heterocycles. The van der Waals surface area contributed by atoms with Crippen LogP contribution in [0.5, 0.6) is 12.0 Å². The summed E-state index contributed by atoms with van der Waals surface area (Å²) in [5.41, 5.74) is 0. The van der Waals surface area contributed by atoms with E-state index in [1.807, 2.05) is 18.4 Å². The molecule has 2 aromatic rings. The van der Waals surface area contributed by atoms with Crippen molar-refractivity contribution in [2.45, 2.75) is 19.8 Å². The minimum Gasteiger partial charge on any atom is -0.463 e. The number of rotatable bonds is 7. The van der Waals surface area contributed by atoms with Crippen LogP contribution < -0.4 is 9.47 Å². The zero-order valence-electron chi connectivity index (χ0n) is 10.5. The smallest absolute Gasteiger partial charge is 0.323 e. The first-order valence-corrected chi connectivity index (χ1v) is 7.23. The normalized spacial score (nSPS) is 10.4. The van der Waals surface area contributed by atoms with Crippen molar-refractivity contribution in [2.24, 2.45) is 0 Å². The van der Waals surface area contributed by atoms with E-state index in [0.717, 1.165) is 12.8 Å². The monoisotopic (exact) mass is 299 g/mol. The molecule has 0 saturated carbocycles. The molecule has 0 radical (unpaired) electrons. The Morgan fingerprint density at radius 2 is 1.89 bits per heavy atom. The molecule has 0 unspecified atom stereocenters. The van der Waals surface area contributed by atoms with E-state index in [-0.39, 0.29) is 17.3 Å². The maximum atomic E-state index is 5.79. The predicted molar refractivity (Wildman–Crippen MR) is 74.1 cm³/mol. The summed E-state index contributed by atoms with van der Waals surface area (Å²) in [6, 6.07) is 4.47. The van der Waals surface area contributed by atoms with Gasteiger partial charge in [-0.3, -0.25) is 0 Å². The third-order valence-corrected chi connectivity index (χ3v) is 3.27. The highest BCUT2D eigenvalue weighted by molar-refractivity contribution is 7.09. The van der Waals surface area contributed by atoms with Crippen molar-refractivity contribution in [1.82, 2.24) is 15.0 Å². The Bertz CT molecular complexity index is 508. The van der Waals surface area contributed by atoms with E-state index >= 15 is 0 Å². The number of ether oxygens (including phenoxy) is 2. The first kappa shape index (κ1) is 14.0. The molecular formula is C12H14ClN3O2S. The molecule has 0 N–H and O–H groups in total. The van der Waals surface area contributed by atoms with E-state index < -0.39 is 0 Å². The van der Waals surface area contributed by atoms with Crippen LogP contribution in [-0.4, -0.2) is 28.2 Å². The van der Waals surface area contributed by atoms with Crippen LogP contribution >= 0.6 is 22.9 Å². The molecule has 7 heteroatoms. The lowest BCUT2D eigenvalue weighted by Gasteiger charge is -2.06. The van der Waals surface area contributed by atoms with Gasteiger partial charge in [0.05, 0.1) is 13.2 Å². The molecule has 19 heavy (non-hydrogen) atoms. The van der Waals surface area contributed by atoms with Gasteiger partial charge in [-0.25, -0.2) is 0 Å². The number of nitrogens with zero attached hydrogens (tertiary/aromatic N) is 3. The van der Waals surface area contributed by atoms with Gasteiger partial charge in [-0.05, 0) is 29.5 Å². The first-order valence-electron chi connectivity index (χ1n) is 5.97. The number of hydrogen-bond acceptors (Lipinski definition) is 6. The van der Waals surface area contributed by atoms with Crippen molar-refractivity contribution in [2.75, 3.05) is 13.2 Å². The van der Waals surface area contributed by atoms with Crippen LogP contribution in [0.1, 0.15) is 18.2 Å². The molecule has 102 valence electrons. The third-order valence-electron chi connectivity index (χ3n) is 2.16. The fraction of sp³-hybridized carbons (Fsp3) is 0.417. The Labute approximate surface area is 120 Å². The van der Waals surface area contributed by atoms with Crippen LogP contribution in [-0.2, 0) is 6.42 Å². The highest BCUT2D eigenvalue weighted by Crippen LogP contribution is 2.14. The fourth-order valence-corrected chi connectivity index (χ4v) is 2.17. The van der Waals surface area contributed by atoms with Gasteiger partial charge in [-0.15, -0.1) is 16.3 Å². The fourth-order valence-electron chi connectivity index (χ4n) is 1.33. The largest absolute Gasteiger partial charge is 0.463 e. The molecule has 2 aromatic heterocycles. The second-order valence-corrected chi connectivity index (χ2v) is 5.07. The van der Waals surface area contributed by atoms with Crippen molar-refractivity contribution in [3.63, 3.8) is 0 Å². The Hall–Kier alpha value is -1.40. The van der Waals surface area contributed by atoms with Gasteiger partial charge in [0.2, 0.25) is 5.28 Å². The average Bonchev–Trinajstić information content (AvgIpc) is 2.89. The lowest BCUT2D eigenvalue weighted by molar-refractivity contribution is 0.263. The molecule has 0 spiro atoms. The van der Waals surface area contributed by atoms with Gasteiger partial charge in [0, 0.05) is 11.3 Å². The predicted octanol–water partition coefficient (Wildman–Crippen LogP) is 3.00. The van der Waals surface area contributed by atoms with E-state index in [0.29, 0.717) is 13.2 Å². The third kappa shape index (κ3) is 4.65. The lowest BCUT2D eigenvalue weighted by Crippen LogP contribution is -2.07. The van der Waals surface area contributed by atoms with Gasteiger partial charge in [-0.1, -0.05) is 13.0 Å². The van der Waals surface area contributed by atoms with Crippen LogP contribution in [0.15, 0.2) is 17.5 Å². The van der Waals surface area contributed by atoms with E-state index in [4.69, 9.17) is 21.1 Å². The van der Waals surface area contributed by atoms with Gasteiger partial charge in [-0.2, -0.15) is 9.97 Å². The molecule has 0 atom stereocenters. The zero-order chi connectivity index (χ0) is 13.5. The second kappa shape index (κ2) is 7.25. The number of halogens is 1. The van der Waals surface area contributed by atoms with E-state index in [1.54, 1.807) is 11.3 Å². The molecular weight excluding hydrogens is 286 g/mol. The van der Waals surface area contributed by atoms with Gasteiger partial charge < -0.3 is 9.47 Å². The molecule has 0 saturated heterocycles. The summed E-state index contributed by atoms with van der Waals surface area (Å²) >= 11 is 7.48. The van der Waals surface area contributed by atoms with Gasteiger partial charge in [0.1, 0.15) is 0 Å². The Kier molecular flexibility index (Phi) is 5.35. The van der Waals surface area contributed by atoms with Gasteiger partial charge in [0.25, 0.3) is 0 Å². The van der Waals surface area contributed by atoms with Crippen molar-refractivity contribution in [3.8, 4) is 12.0 Å². The molecule has 0 aliphatic carbocycles. The van der Waals surface area contributed by atoms with Crippen molar-refractivity contribution < 1.29 is 9.47 Å². The van der Waals surface area contributed by atoms with Crippen molar-refractivity contribution in [1.29, 1.82) is 0 Å². The van der Waals surface area contributed by atoms with Crippen LogP contribution in [0.3, 0.4) is 0 Å². The Balaban J connectivity index is 1.90. The van der Waals surface area contributed by atoms with E-state index in [9.17, 15) is 0 Å². The van der Waals surface area contributed by atoms with E-state index in [2.05, 4.69) is 21.0 Å². The highest BCUT2D eigenvalue weighted by atomic mass is 35.5. The summed E-state index contributed by atoms with van der Waals surface area (Å²) in [6.45, 7) is 3.03. The Morgan fingerprint density at radius 3 is 2.53 bits per heavy atom. The molecule has 5 nitrogen and oxygen atoms in total. The minimum atomic E-state index is 0.0761. The molecule has 0 aliphatic rings. The Morgan fingerprint density at radius 1 is 1.16 bits per heavy atom. The molecule has 0 fully saturated rings. The van der Waals surface area contributed by atoms with Gasteiger partial charge >= 0.3 is 12.0 Å². The summed E-state index contributed by atoms with van der Waals surface area (Å²) in [5.74, 6) is 0. The quantitative estimate of drug-likeness (QED) is 0.786. The average molecular weight is 300 g/mol. The lowest BCUT2D eigenvalue weighted by atomic mass is 10.4. The highest BCUT2D eigenvalue weighted by Gasteiger charge is 2.07. The minimum absolute atomic E-state index is 0.0761. The van der Waals surface area contributed by atoms with Gasteiger partial charge in [0.15, 0.2) is 0 Å². The topological polar surface area (TPSA) is 57.1 Å². The second-order valence-electron chi connectivity index (χ2n) is 3.70. The van der Waals surface area contributed by atoms with Crippen molar-refractivity contribution >= 4 is 22.9 Å². The standard InChI is InChI=1S/C12H14ClN3O2S/c1-2-6-17-11-14-10(13)15-12(16-11)18-7-5-9-4-3-8-19-9/h3-4,8H,2,5-7H2,1H3. The van der Waals surface area contributed by atoms with Crippen LogP contribution in [0.2, 0.25) is 5.28 Å². The van der Waals surface area contributed by atoms with Crippen LogP contribution in [0.25, 0.3) is 0 Å². The summed E-state index contributed by atoms with van der Waals surface area (Å²) in [6.07, 6.45) is 1.68. The summed E-state index contributed by atoms with van der Waals surface area (Å²) in [7, 11) is 0. The first-order chi connectivity index (χ1) is 9.28. The number of aromatic nitrogens is 3. The molecule has 2 rings (SSSR count). The summed E-state index contributed by atoms with van der Waals surface area (Å²) in [4.78, 5) is 13.1. The van der Waals surface area contributed by atoms with Crippen LogP contribution in [0, 0.1) is 0 Å². The molecule has 0 bridgehead atoms. The number of thiophene rings is 1. The maximum Gasteiger partial charge on any atom is 0.323 e. The van der Waals surface area contributed by atoms with Crippen LogP contribution in [0.4, 0.5) is 0 Å². The molecule has 0 aliphatic heterocycles. The zero-order valence-corrected chi connectivity index (χ0v) is 12.1. The van der Waals surface area contributed by atoms with E-state index in [1.165, 1.54) is 4.88 Å². The number of hydrogen-bond donors (Lipinski definition) is 0. The summed E-state index contributed by atoms with van der Waals surface area (Å²) in [5, 5.41) is 2.11.